The van der Waals surface area contributed by atoms with Crippen molar-refractivity contribution in [1.29, 1.82) is 0 Å². The van der Waals surface area contributed by atoms with Crippen LogP contribution in [-0.2, 0) is 14.3 Å². The molecule has 1 rings (SSSR count). The van der Waals surface area contributed by atoms with Crippen LogP contribution < -0.4 is 10.1 Å². The van der Waals surface area contributed by atoms with Crippen molar-refractivity contribution in [3.05, 3.63) is 36.9 Å². The number of rotatable bonds is 10. The van der Waals surface area contributed by atoms with Gasteiger partial charge in [-0.3, -0.25) is 9.59 Å². The van der Waals surface area contributed by atoms with Crippen LogP contribution in [0.2, 0.25) is 0 Å². The molecule has 0 saturated heterocycles. The second-order valence-electron chi connectivity index (χ2n) is 4.78. The minimum Gasteiger partial charge on any atom is -0.487 e. The van der Waals surface area contributed by atoms with E-state index < -0.39 is 0 Å². The fourth-order valence-electron chi connectivity index (χ4n) is 1.89. The van der Waals surface area contributed by atoms with Crippen LogP contribution in [0.25, 0.3) is 0 Å². The Hall–Kier alpha value is -2.30. The molecular weight excluding hydrogens is 282 g/mol. The zero-order valence-electron chi connectivity index (χ0n) is 13.0. The number of benzene rings is 1. The second-order valence-corrected chi connectivity index (χ2v) is 4.78. The van der Waals surface area contributed by atoms with Gasteiger partial charge in [-0.1, -0.05) is 31.2 Å². The van der Waals surface area contributed by atoms with E-state index in [-0.39, 0.29) is 11.9 Å². The van der Waals surface area contributed by atoms with Crippen molar-refractivity contribution >= 4 is 17.6 Å². The number of carbonyl (C=O) groups is 2. The number of esters is 1. The van der Waals surface area contributed by atoms with Gasteiger partial charge in [0, 0.05) is 12.8 Å². The summed E-state index contributed by atoms with van der Waals surface area (Å²) in [5, 5.41) is 2.84. The Morgan fingerprint density at radius 2 is 1.91 bits per heavy atom. The first-order valence-electron chi connectivity index (χ1n) is 7.36. The van der Waals surface area contributed by atoms with E-state index in [0.29, 0.717) is 30.9 Å². The highest BCUT2D eigenvalue weighted by atomic mass is 16.5. The van der Waals surface area contributed by atoms with Gasteiger partial charge in [-0.2, -0.15) is 0 Å². The molecule has 5 heteroatoms. The summed E-state index contributed by atoms with van der Waals surface area (Å²) in [5.74, 6) is 0.354. The van der Waals surface area contributed by atoms with Gasteiger partial charge in [0.1, 0.15) is 12.4 Å². The van der Waals surface area contributed by atoms with Crippen molar-refractivity contribution < 1.29 is 19.1 Å². The summed E-state index contributed by atoms with van der Waals surface area (Å²) in [7, 11) is 1.38. The van der Waals surface area contributed by atoms with Gasteiger partial charge in [-0.25, -0.2) is 0 Å². The number of carbonyl (C=O) groups excluding carboxylic acids is 2. The molecule has 1 aromatic rings. The van der Waals surface area contributed by atoms with Crippen molar-refractivity contribution in [2.45, 2.75) is 32.1 Å². The Bertz CT molecular complexity index is 499. The fourth-order valence-corrected chi connectivity index (χ4v) is 1.89. The number of hydrogen-bond donors (Lipinski definition) is 1. The molecule has 0 aliphatic heterocycles. The molecule has 0 atom stereocenters. The molecule has 0 fully saturated rings. The molecule has 0 unspecified atom stereocenters. The summed E-state index contributed by atoms with van der Waals surface area (Å²) in [4.78, 5) is 22.9. The highest BCUT2D eigenvalue weighted by molar-refractivity contribution is 5.92. The zero-order chi connectivity index (χ0) is 16.2. The van der Waals surface area contributed by atoms with Crippen LogP contribution in [-0.4, -0.2) is 25.6 Å². The summed E-state index contributed by atoms with van der Waals surface area (Å²) in [5.41, 5.74) is 0.656. The van der Waals surface area contributed by atoms with Gasteiger partial charge in [0.2, 0.25) is 5.91 Å². The SMILES string of the molecule is C=CCOc1ccccc1NC(=O)CCCCCC(=O)OC. The van der Waals surface area contributed by atoms with E-state index >= 15 is 0 Å². The van der Waals surface area contributed by atoms with Crippen LogP contribution in [0, 0.1) is 0 Å². The third kappa shape index (κ3) is 6.92. The second kappa shape index (κ2) is 10.4. The number of para-hydroxylation sites is 2. The standard InChI is InChI=1S/C17H23NO4/c1-3-13-22-15-10-8-7-9-14(15)18-16(19)11-5-4-6-12-17(20)21-2/h3,7-10H,1,4-6,11-13H2,2H3,(H,18,19). The lowest BCUT2D eigenvalue weighted by Gasteiger charge is -2.11. The van der Waals surface area contributed by atoms with E-state index in [1.807, 2.05) is 12.1 Å². The topological polar surface area (TPSA) is 64.6 Å². The molecule has 0 radical (unpaired) electrons. The Morgan fingerprint density at radius 1 is 1.18 bits per heavy atom. The summed E-state index contributed by atoms with van der Waals surface area (Å²) in [6, 6.07) is 7.29. The van der Waals surface area contributed by atoms with E-state index in [0.717, 1.165) is 19.3 Å². The maximum atomic E-state index is 11.9. The minimum absolute atomic E-state index is 0.0623. The summed E-state index contributed by atoms with van der Waals surface area (Å²) < 4.78 is 10.0. The number of amides is 1. The molecule has 1 N–H and O–H groups in total. The van der Waals surface area contributed by atoms with Gasteiger partial charge in [0.05, 0.1) is 12.8 Å². The Kier molecular flexibility index (Phi) is 8.42. The molecule has 120 valence electrons. The maximum absolute atomic E-state index is 11.9. The van der Waals surface area contributed by atoms with Crippen LogP contribution in [0.4, 0.5) is 5.69 Å². The zero-order valence-corrected chi connectivity index (χ0v) is 13.0. The molecule has 22 heavy (non-hydrogen) atoms. The molecule has 0 bridgehead atoms. The normalized spacial score (nSPS) is 9.86. The monoisotopic (exact) mass is 305 g/mol. The molecule has 0 heterocycles. The third-order valence-corrected chi connectivity index (χ3v) is 3.03. The third-order valence-electron chi connectivity index (χ3n) is 3.03. The predicted octanol–water partition coefficient (Wildman–Crippen LogP) is 3.31. The number of ether oxygens (including phenoxy) is 2. The highest BCUT2D eigenvalue weighted by Crippen LogP contribution is 2.24. The van der Waals surface area contributed by atoms with Gasteiger partial charge in [-0.05, 0) is 25.0 Å². The lowest BCUT2D eigenvalue weighted by molar-refractivity contribution is -0.140. The van der Waals surface area contributed by atoms with Crippen LogP contribution in [0.5, 0.6) is 5.75 Å². The molecule has 1 amide bonds. The van der Waals surface area contributed by atoms with Crippen molar-refractivity contribution in [2.24, 2.45) is 0 Å². The Balaban J connectivity index is 2.33. The molecular formula is C17H23NO4. The van der Waals surface area contributed by atoms with Crippen molar-refractivity contribution in [3.63, 3.8) is 0 Å². The van der Waals surface area contributed by atoms with Gasteiger partial charge >= 0.3 is 5.97 Å². The number of hydrogen-bond acceptors (Lipinski definition) is 4. The molecule has 0 aromatic heterocycles. The Morgan fingerprint density at radius 3 is 2.64 bits per heavy atom. The van der Waals surface area contributed by atoms with E-state index in [4.69, 9.17) is 4.74 Å². The number of nitrogens with one attached hydrogen (secondary N) is 1. The van der Waals surface area contributed by atoms with Crippen LogP contribution in [0.15, 0.2) is 36.9 Å². The van der Waals surface area contributed by atoms with Crippen LogP contribution in [0.1, 0.15) is 32.1 Å². The first-order chi connectivity index (χ1) is 10.7. The number of anilines is 1. The van der Waals surface area contributed by atoms with Crippen molar-refractivity contribution in [2.75, 3.05) is 19.0 Å². The molecule has 0 saturated carbocycles. The van der Waals surface area contributed by atoms with E-state index in [9.17, 15) is 9.59 Å². The average molecular weight is 305 g/mol. The Labute approximate surface area is 131 Å². The lowest BCUT2D eigenvalue weighted by Crippen LogP contribution is -2.12. The van der Waals surface area contributed by atoms with Gasteiger partial charge < -0.3 is 14.8 Å². The van der Waals surface area contributed by atoms with Gasteiger partial charge in [-0.15, -0.1) is 0 Å². The number of unbranched alkanes of at least 4 members (excludes halogenated alkanes) is 2. The summed E-state index contributed by atoms with van der Waals surface area (Å²) in [6.07, 6.45) is 4.75. The first kappa shape index (κ1) is 17.8. The maximum Gasteiger partial charge on any atom is 0.305 e. The van der Waals surface area contributed by atoms with Gasteiger partial charge in [0.15, 0.2) is 0 Å². The molecule has 1 aromatic carbocycles. The smallest absolute Gasteiger partial charge is 0.305 e. The molecule has 5 nitrogen and oxygen atoms in total. The molecule has 0 spiro atoms. The number of methoxy groups -OCH3 is 1. The highest BCUT2D eigenvalue weighted by Gasteiger charge is 2.07. The van der Waals surface area contributed by atoms with Crippen molar-refractivity contribution in [3.8, 4) is 5.75 Å². The van der Waals surface area contributed by atoms with Gasteiger partial charge in [0.25, 0.3) is 0 Å². The molecule has 0 aliphatic carbocycles. The minimum atomic E-state index is -0.210. The van der Waals surface area contributed by atoms with Crippen LogP contribution in [0.3, 0.4) is 0 Å². The van der Waals surface area contributed by atoms with E-state index in [2.05, 4.69) is 16.6 Å². The summed E-state index contributed by atoms with van der Waals surface area (Å²) in [6.45, 7) is 3.99. The molecule has 0 aliphatic rings. The predicted molar refractivity (Wildman–Crippen MR) is 85.9 cm³/mol. The quantitative estimate of drug-likeness (QED) is 0.409. The lowest BCUT2D eigenvalue weighted by atomic mass is 10.1. The first-order valence-corrected chi connectivity index (χ1v) is 7.36. The van der Waals surface area contributed by atoms with E-state index in [1.54, 1.807) is 18.2 Å². The summed E-state index contributed by atoms with van der Waals surface area (Å²) >= 11 is 0. The largest absolute Gasteiger partial charge is 0.487 e. The van der Waals surface area contributed by atoms with Crippen LogP contribution >= 0.6 is 0 Å². The van der Waals surface area contributed by atoms with E-state index in [1.165, 1.54) is 7.11 Å². The van der Waals surface area contributed by atoms with Crippen molar-refractivity contribution in [1.82, 2.24) is 0 Å². The fraction of sp³-hybridized carbons (Fsp3) is 0.412. The average Bonchev–Trinajstić information content (AvgIpc) is 2.53.